The van der Waals surface area contributed by atoms with Crippen LogP contribution in [0.1, 0.15) is 32.0 Å². The van der Waals surface area contributed by atoms with Gasteiger partial charge in [0.15, 0.2) is 5.82 Å². The van der Waals surface area contributed by atoms with Crippen molar-refractivity contribution < 1.29 is 4.52 Å². The van der Waals surface area contributed by atoms with Crippen molar-refractivity contribution in [2.45, 2.75) is 26.2 Å². The molecular formula is C8H15N3O2. The molecule has 1 atom stereocenters. The van der Waals surface area contributed by atoms with E-state index in [9.17, 15) is 4.79 Å². The minimum Gasteiger partial charge on any atom is -0.330 e. The van der Waals surface area contributed by atoms with Gasteiger partial charge < -0.3 is 5.73 Å². The minimum atomic E-state index is -0.516. The smallest absolute Gasteiger partial charge is 0.330 e. The molecule has 0 aliphatic rings. The van der Waals surface area contributed by atoms with E-state index in [2.05, 4.69) is 28.5 Å². The van der Waals surface area contributed by atoms with Crippen molar-refractivity contribution >= 4 is 0 Å². The zero-order chi connectivity index (χ0) is 9.84. The lowest BCUT2D eigenvalue weighted by molar-refractivity contribution is 0.372. The molecule has 0 spiro atoms. The minimum absolute atomic E-state index is 0.0893. The number of nitrogens with zero attached hydrogens (tertiary/aromatic N) is 1. The maximum atomic E-state index is 10.7. The van der Waals surface area contributed by atoms with Gasteiger partial charge in [-0.2, -0.15) is 0 Å². The third-order valence-electron chi connectivity index (χ3n) is 1.88. The van der Waals surface area contributed by atoms with Crippen LogP contribution in [0.3, 0.4) is 0 Å². The van der Waals surface area contributed by atoms with Crippen LogP contribution in [0, 0.1) is 5.92 Å². The van der Waals surface area contributed by atoms with E-state index in [-0.39, 0.29) is 5.92 Å². The van der Waals surface area contributed by atoms with E-state index in [4.69, 9.17) is 5.73 Å². The molecule has 5 heteroatoms. The van der Waals surface area contributed by atoms with E-state index in [0.29, 0.717) is 18.3 Å². The highest BCUT2D eigenvalue weighted by Gasteiger charge is 2.15. The van der Waals surface area contributed by atoms with Crippen molar-refractivity contribution in [1.82, 2.24) is 10.1 Å². The Morgan fingerprint density at radius 2 is 2.31 bits per heavy atom. The number of hydrogen-bond donors (Lipinski definition) is 2. The van der Waals surface area contributed by atoms with Gasteiger partial charge in [0.2, 0.25) is 0 Å². The molecule has 0 aliphatic heterocycles. The summed E-state index contributed by atoms with van der Waals surface area (Å²) in [6, 6.07) is 0. The Labute approximate surface area is 76.3 Å². The van der Waals surface area contributed by atoms with E-state index in [1.165, 1.54) is 0 Å². The van der Waals surface area contributed by atoms with Crippen LogP contribution in [0.2, 0.25) is 0 Å². The second kappa shape index (κ2) is 4.23. The molecule has 74 valence electrons. The van der Waals surface area contributed by atoms with Gasteiger partial charge in [-0.15, -0.1) is 0 Å². The van der Waals surface area contributed by atoms with Crippen LogP contribution in [-0.4, -0.2) is 16.7 Å². The van der Waals surface area contributed by atoms with Gasteiger partial charge >= 0.3 is 5.76 Å². The Morgan fingerprint density at radius 1 is 1.62 bits per heavy atom. The third kappa shape index (κ3) is 2.69. The fraction of sp³-hybridized carbons (Fsp3) is 0.750. The van der Waals surface area contributed by atoms with E-state index in [1.807, 2.05) is 0 Å². The SMILES string of the molecule is CC(C)CC(CN)c1noc(=O)[nH]1. The molecule has 1 rings (SSSR count). The molecule has 3 N–H and O–H groups in total. The quantitative estimate of drug-likeness (QED) is 0.713. The zero-order valence-corrected chi connectivity index (χ0v) is 7.91. The summed E-state index contributed by atoms with van der Waals surface area (Å²) in [5.74, 6) is 0.651. The molecule has 5 nitrogen and oxygen atoms in total. The molecule has 0 saturated carbocycles. The van der Waals surface area contributed by atoms with Crippen LogP contribution in [0.4, 0.5) is 0 Å². The summed E-state index contributed by atoms with van der Waals surface area (Å²) >= 11 is 0. The number of nitrogens with two attached hydrogens (primary N) is 1. The van der Waals surface area contributed by atoms with Crippen LogP contribution < -0.4 is 11.5 Å². The number of hydrogen-bond acceptors (Lipinski definition) is 4. The second-order valence-electron chi connectivity index (χ2n) is 3.54. The summed E-state index contributed by atoms with van der Waals surface area (Å²) in [6.07, 6.45) is 0.902. The first-order chi connectivity index (χ1) is 6.13. The Balaban J connectivity index is 2.72. The van der Waals surface area contributed by atoms with Crippen molar-refractivity contribution in [3.05, 3.63) is 16.4 Å². The molecule has 0 aliphatic carbocycles. The Kier molecular flexibility index (Phi) is 3.25. The standard InChI is InChI=1S/C8H15N3O2/c1-5(2)3-6(4-9)7-10-8(12)13-11-7/h5-6H,3-4,9H2,1-2H3,(H,10,11,12). The van der Waals surface area contributed by atoms with Gasteiger partial charge in [-0.25, -0.2) is 4.79 Å². The fourth-order valence-corrected chi connectivity index (χ4v) is 1.31. The lowest BCUT2D eigenvalue weighted by Gasteiger charge is -2.12. The number of rotatable bonds is 4. The van der Waals surface area contributed by atoms with Gasteiger partial charge in [0, 0.05) is 12.5 Å². The molecular weight excluding hydrogens is 170 g/mol. The van der Waals surface area contributed by atoms with Crippen molar-refractivity contribution in [2.24, 2.45) is 11.7 Å². The van der Waals surface area contributed by atoms with E-state index in [0.717, 1.165) is 6.42 Å². The summed E-state index contributed by atoms with van der Waals surface area (Å²) in [5, 5.41) is 3.62. The van der Waals surface area contributed by atoms with Crippen molar-refractivity contribution in [3.63, 3.8) is 0 Å². The number of nitrogens with one attached hydrogen (secondary N) is 1. The average molecular weight is 185 g/mol. The fourth-order valence-electron chi connectivity index (χ4n) is 1.31. The van der Waals surface area contributed by atoms with Crippen molar-refractivity contribution in [2.75, 3.05) is 6.54 Å². The van der Waals surface area contributed by atoms with Gasteiger partial charge in [0.05, 0.1) is 0 Å². The number of H-pyrrole nitrogens is 1. The van der Waals surface area contributed by atoms with Crippen molar-refractivity contribution in [1.29, 1.82) is 0 Å². The molecule has 0 saturated heterocycles. The van der Waals surface area contributed by atoms with E-state index < -0.39 is 5.76 Å². The van der Waals surface area contributed by atoms with Crippen LogP contribution in [0.5, 0.6) is 0 Å². The molecule has 1 aromatic heterocycles. The molecule has 13 heavy (non-hydrogen) atoms. The second-order valence-corrected chi connectivity index (χ2v) is 3.54. The van der Waals surface area contributed by atoms with E-state index >= 15 is 0 Å². The van der Waals surface area contributed by atoms with Gasteiger partial charge in [0.25, 0.3) is 0 Å². The highest BCUT2D eigenvalue weighted by molar-refractivity contribution is 4.92. The van der Waals surface area contributed by atoms with Gasteiger partial charge in [-0.1, -0.05) is 19.0 Å². The number of aromatic nitrogens is 2. The first-order valence-electron chi connectivity index (χ1n) is 4.39. The topological polar surface area (TPSA) is 84.9 Å². The van der Waals surface area contributed by atoms with Crippen LogP contribution in [-0.2, 0) is 0 Å². The molecule has 0 radical (unpaired) electrons. The lowest BCUT2D eigenvalue weighted by Crippen LogP contribution is -2.16. The maximum absolute atomic E-state index is 10.7. The Morgan fingerprint density at radius 3 is 2.69 bits per heavy atom. The molecule has 0 amide bonds. The third-order valence-corrected chi connectivity index (χ3v) is 1.88. The van der Waals surface area contributed by atoms with E-state index in [1.54, 1.807) is 0 Å². The lowest BCUT2D eigenvalue weighted by atomic mass is 9.97. The Bertz CT molecular complexity index is 302. The molecule has 1 heterocycles. The monoisotopic (exact) mass is 185 g/mol. The Hall–Kier alpha value is -1.10. The highest BCUT2D eigenvalue weighted by atomic mass is 16.5. The summed E-state index contributed by atoms with van der Waals surface area (Å²) in [7, 11) is 0. The number of aromatic amines is 1. The van der Waals surface area contributed by atoms with Gasteiger partial charge in [-0.3, -0.25) is 9.51 Å². The van der Waals surface area contributed by atoms with Crippen LogP contribution >= 0.6 is 0 Å². The predicted molar refractivity (Wildman–Crippen MR) is 48.4 cm³/mol. The highest BCUT2D eigenvalue weighted by Crippen LogP contribution is 2.18. The normalized spacial score (nSPS) is 13.5. The van der Waals surface area contributed by atoms with Crippen molar-refractivity contribution in [3.8, 4) is 0 Å². The zero-order valence-electron chi connectivity index (χ0n) is 7.91. The molecule has 0 aromatic carbocycles. The summed E-state index contributed by atoms with van der Waals surface area (Å²) < 4.78 is 4.41. The molecule has 1 unspecified atom stereocenters. The average Bonchev–Trinajstić information content (AvgIpc) is 2.47. The maximum Gasteiger partial charge on any atom is 0.438 e. The van der Waals surface area contributed by atoms with Crippen LogP contribution in [0.25, 0.3) is 0 Å². The molecule has 1 aromatic rings. The largest absolute Gasteiger partial charge is 0.438 e. The first-order valence-corrected chi connectivity index (χ1v) is 4.39. The first kappa shape index (κ1) is 9.98. The molecule has 0 fully saturated rings. The summed E-state index contributed by atoms with van der Waals surface area (Å²) in [4.78, 5) is 13.2. The summed E-state index contributed by atoms with van der Waals surface area (Å²) in [5.41, 5.74) is 5.56. The van der Waals surface area contributed by atoms with Crippen LogP contribution in [0.15, 0.2) is 9.32 Å². The van der Waals surface area contributed by atoms with Gasteiger partial charge in [-0.05, 0) is 12.3 Å². The molecule has 0 bridgehead atoms. The predicted octanol–water partition coefficient (Wildman–Crippen LogP) is 0.451. The summed E-state index contributed by atoms with van der Waals surface area (Å²) in [6.45, 7) is 4.67. The van der Waals surface area contributed by atoms with Gasteiger partial charge in [0.1, 0.15) is 0 Å².